The Morgan fingerprint density at radius 3 is 2.41 bits per heavy atom. The van der Waals surface area contributed by atoms with Gasteiger partial charge in [0, 0.05) is 31.9 Å². The Balaban J connectivity index is 1.28. The third kappa shape index (κ3) is 5.07. The fourth-order valence-electron chi connectivity index (χ4n) is 4.58. The Hall–Kier alpha value is -3.39. The molecule has 4 amide bonds. The second kappa shape index (κ2) is 9.85. The number of nitrogens with zero attached hydrogens (tertiary/aromatic N) is 3. The molecule has 2 aliphatic heterocycles. The first-order chi connectivity index (χ1) is 16.3. The number of piperazine rings is 1. The van der Waals surface area contributed by atoms with Crippen molar-refractivity contribution in [3.63, 3.8) is 0 Å². The van der Waals surface area contributed by atoms with Gasteiger partial charge in [0.2, 0.25) is 0 Å². The lowest BCUT2D eigenvalue weighted by molar-refractivity contribution is -0.139. The van der Waals surface area contributed by atoms with Crippen LogP contribution in [0.5, 0.6) is 0 Å². The zero-order valence-corrected chi connectivity index (χ0v) is 20.1. The van der Waals surface area contributed by atoms with Crippen LogP contribution in [-0.4, -0.2) is 66.0 Å². The number of urea groups is 1. The predicted molar refractivity (Wildman–Crippen MR) is 131 cm³/mol. The van der Waals surface area contributed by atoms with Crippen molar-refractivity contribution in [1.29, 1.82) is 0 Å². The Labute approximate surface area is 200 Å². The summed E-state index contributed by atoms with van der Waals surface area (Å²) in [5.74, 6) is -0.794. The molecule has 8 nitrogen and oxygen atoms in total. The van der Waals surface area contributed by atoms with E-state index < -0.39 is 17.5 Å². The molecule has 2 N–H and O–H groups in total. The van der Waals surface area contributed by atoms with Gasteiger partial charge in [0.05, 0.1) is 6.54 Å². The molecule has 0 aromatic heterocycles. The summed E-state index contributed by atoms with van der Waals surface area (Å²) >= 11 is 0. The summed E-state index contributed by atoms with van der Waals surface area (Å²) in [5.41, 5.74) is 6.34. The van der Waals surface area contributed by atoms with Gasteiger partial charge >= 0.3 is 6.03 Å². The van der Waals surface area contributed by atoms with Crippen molar-refractivity contribution >= 4 is 23.5 Å². The fraction of sp³-hybridized carbons (Fsp3) is 0.423. The average molecular weight is 464 g/mol. The molecule has 0 saturated carbocycles. The van der Waals surface area contributed by atoms with Gasteiger partial charge in [-0.1, -0.05) is 42.5 Å². The van der Waals surface area contributed by atoms with Gasteiger partial charge in [0.15, 0.2) is 0 Å². The van der Waals surface area contributed by atoms with Gasteiger partial charge < -0.3 is 10.2 Å². The highest BCUT2D eigenvalue weighted by atomic mass is 16.2. The van der Waals surface area contributed by atoms with Crippen molar-refractivity contribution in [1.82, 2.24) is 20.7 Å². The molecular formula is C26H33N5O3. The van der Waals surface area contributed by atoms with Crippen LogP contribution in [0.3, 0.4) is 0 Å². The molecule has 180 valence electrons. The number of hydrogen-bond donors (Lipinski definition) is 2. The van der Waals surface area contributed by atoms with Crippen molar-refractivity contribution in [2.75, 3.05) is 37.6 Å². The maximum Gasteiger partial charge on any atom is 0.344 e. The summed E-state index contributed by atoms with van der Waals surface area (Å²) in [7, 11) is 0. The van der Waals surface area contributed by atoms with Gasteiger partial charge in [-0.25, -0.2) is 4.79 Å². The molecule has 8 heteroatoms. The van der Waals surface area contributed by atoms with Crippen molar-refractivity contribution in [3.8, 4) is 0 Å². The lowest BCUT2D eigenvalue weighted by atomic mass is 9.93. The van der Waals surface area contributed by atoms with Gasteiger partial charge in [-0.15, -0.1) is 0 Å². The number of rotatable bonds is 7. The maximum absolute atomic E-state index is 13.0. The summed E-state index contributed by atoms with van der Waals surface area (Å²) in [5, 5.41) is 3.58. The molecule has 1 atom stereocenters. The first-order valence-electron chi connectivity index (χ1n) is 11.8. The molecule has 0 aliphatic carbocycles. The SMILES string of the molecule is Cc1cccc(N2CCN(CC(=O)NN3C(=O)NC(C)(CCc4ccccc4)C3=O)CC2)c1C. The van der Waals surface area contributed by atoms with Crippen molar-refractivity contribution in [2.24, 2.45) is 0 Å². The Bertz CT molecular complexity index is 1070. The topological polar surface area (TPSA) is 85.0 Å². The minimum Gasteiger partial charge on any atom is -0.369 e. The minimum absolute atomic E-state index is 0.137. The molecule has 2 saturated heterocycles. The highest BCUT2D eigenvalue weighted by Crippen LogP contribution is 2.24. The number of hydrogen-bond acceptors (Lipinski definition) is 5. The minimum atomic E-state index is -1.04. The van der Waals surface area contributed by atoms with Crippen molar-refractivity contribution in [2.45, 2.75) is 39.2 Å². The molecule has 0 spiro atoms. The van der Waals surface area contributed by atoms with Crippen molar-refractivity contribution in [3.05, 3.63) is 65.2 Å². The van der Waals surface area contributed by atoms with Gasteiger partial charge in [-0.3, -0.25) is 19.9 Å². The maximum atomic E-state index is 13.0. The molecule has 2 aromatic rings. The quantitative estimate of drug-likeness (QED) is 0.616. The largest absolute Gasteiger partial charge is 0.369 e. The van der Waals surface area contributed by atoms with Gasteiger partial charge in [-0.2, -0.15) is 5.01 Å². The highest BCUT2D eigenvalue weighted by Gasteiger charge is 2.48. The first-order valence-corrected chi connectivity index (χ1v) is 11.8. The zero-order chi connectivity index (χ0) is 24.3. The van der Waals surface area contributed by atoms with E-state index in [9.17, 15) is 14.4 Å². The summed E-state index contributed by atoms with van der Waals surface area (Å²) in [6, 6.07) is 15.5. The van der Waals surface area contributed by atoms with Gasteiger partial charge in [-0.05, 0) is 56.4 Å². The standard InChI is InChI=1S/C26H33N5O3/c1-19-8-7-11-22(20(19)2)30-16-14-29(15-17-30)18-23(32)28-31-24(33)26(3,27-25(31)34)13-12-21-9-5-4-6-10-21/h4-11H,12-18H2,1-3H3,(H,27,34)(H,28,32). The molecule has 0 bridgehead atoms. The van der Waals surface area contributed by atoms with Crippen LogP contribution in [0.2, 0.25) is 0 Å². The van der Waals surface area contributed by atoms with E-state index in [0.717, 1.165) is 36.8 Å². The predicted octanol–water partition coefficient (Wildman–Crippen LogP) is 2.40. The molecular weight excluding hydrogens is 430 g/mol. The van der Waals surface area contributed by atoms with E-state index in [1.165, 1.54) is 16.8 Å². The zero-order valence-electron chi connectivity index (χ0n) is 20.1. The second-order valence-corrected chi connectivity index (χ2v) is 9.41. The molecule has 1 unspecified atom stereocenters. The molecule has 2 heterocycles. The van der Waals surface area contributed by atoms with Gasteiger partial charge in [0.1, 0.15) is 5.54 Å². The van der Waals surface area contributed by atoms with Crippen molar-refractivity contribution < 1.29 is 14.4 Å². The molecule has 2 aliphatic rings. The Morgan fingerprint density at radius 1 is 1.00 bits per heavy atom. The van der Waals surface area contributed by atoms with E-state index in [-0.39, 0.29) is 12.5 Å². The second-order valence-electron chi connectivity index (χ2n) is 9.41. The summed E-state index contributed by atoms with van der Waals surface area (Å²) in [6.45, 7) is 9.19. The number of nitrogens with one attached hydrogen (secondary N) is 2. The van der Waals surface area contributed by atoms with Crippen LogP contribution < -0.4 is 15.6 Å². The van der Waals surface area contributed by atoms with E-state index in [1.54, 1.807) is 6.92 Å². The van der Waals surface area contributed by atoms with E-state index in [4.69, 9.17) is 0 Å². The number of hydrazine groups is 1. The Morgan fingerprint density at radius 2 is 1.71 bits per heavy atom. The molecule has 2 fully saturated rings. The van der Waals surface area contributed by atoms with Gasteiger partial charge in [0.25, 0.3) is 11.8 Å². The molecule has 0 radical (unpaired) electrons. The third-order valence-electron chi connectivity index (χ3n) is 6.91. The number of anilines is 1. The third-order valence-corrected chi connectivity index (χ3v) is 6.91. The van der Waals surface area contributed by atoms with E-state index in [2.05, 4.69) is 47.7 Å². The number of benzene rings is 2. The van der Waals surface area contributed by atoms with Crippen LogP contribution in [0, 0.1) is 13.8 Å². The van der Waals surface area contributed by atoms with Crippen LogP contribution in [0.4, 0.5) is 10.5 Å². The lowest BCUT2D eigenvalue weighted by Gasteiger charge is -2.36. The monoisotopic (exact) mass is 463 g/mol. The number of carbonyl (C=O) groups is 3. The first kappa shape index (κ1) is 23.8. The number of carbonyl (C=O) groups excluding carboxylic acids is 3. The summed E-state index contributed by atoms with van der Waals surface area (Å²) in [6.07, 6.45) is 1.10. The van der Waals surface area contributed by atoms with Crippen LogP contribution in [0.25, 0.3) is 0 Å². The average Bonchev–Trinajstić information content (AvgIpc) is 3.04. The fourth-order valence-corrected chi connectivity index (χ4v) is 4.58. The van der Waals surface area contributed by atoms with Crippen LogP contribution in [-0.2, 0) is 16.0 Å². The lowest BCUT2D eigenvalue weighted by Crippen LogP contribution is -2.54. The molecule has 34 heavy (non-hydrogen) atoms. The number of amides is 4. The van der Waals surface area contributed by atoms with E-state index in [1.807, 2.05) is 35.2 Å². The van der Waals surface area contributed by atoms with Crippen LogP contribution >= 0.6 is 0 Å². The summed E-state index contributed by atoms with van der Waals surface area (Å²) in [4.78, 5) is 42.5. The molecule has 4 rings (SSSR count). The highest BCUT2D eigenvalue weighted by molar-refractivity contribution is 6.07. The molecule has 2 aromatic carbocycles. The summed E-state index contributed by atoms with van der Waals surface area (Å²) < 4.78 is 0. The van der Waals surface area contributed by atoms with Crippen LogP contribution in [0.1, 0.15) is 30.0 Å². The normalized spacial score (nSPS) is 21.0. The Kier molecular flexibility index (Phi) is 6.88. The smallest absolute Gasteiger partial charge is 0.344 e. The number of aryl methyl sites for hydroxylation is 2. The van der Waals surface area contributed by atoms with Crippen LogP contribution in [0.15, 0.2) is 48.5 Å². The van der Waals surface area contributed by atoms with E-state index in [0.29, 0.717) is 12.8 Å². The van der Waals surface area contributed by atoms with E-state index >= 15 is 0 Å². The number of imide groups is 1.